The van der Waals surface area contributed by atoms with Crippen molar-refractivity contribution in [3.63, 3.8) is 0 Å². The molecule has 0 spiro atoms. The Bertz CT molecular complexity index is 914. The summed E-state index contributed by atoms with van der Waals surface area (Å²) in [5.74, 6) is 0.0404. The van der Waals surface area contributed by atoms with Gasteiger partial charge in [-0.15, -0.1) is 0 Å². The lowest BCUT2D eigenvalue weighted by atomic mass is 10.1. The topological polar surface area (TPSA) is 56.4 Å². The molecule has 1 aromatic heterocycles. The van der Waals surface area contributed by atoms with Crippen molar-refractivity contribution in [1.82, 2.24) is 9.13 Å². The van der Waals surface area contributed by atoms with E-state index in [4.69, 9.17) is 4.74 Å². The Hall–Kier alpha value is -2.60. The molecule has 0 saturated heterocycles. The Kier molecular flexibility index (Phi) is 3.92. The predicted molar refractivity (Wildman–Crippen MR) is 85.0 cm³/mol. The van der Waals surface area contributed by atoms with Crippen LogP contribution in [-0.4, -0.2) is 20.8 Å². The van der Waals surface area contributed by atoms with Crippen molar-refractivity contribution in [3.05, 3.63) is 64.3 Å². The molecule has 0 aliphatic heterocycles. The lowest BCUT2D eigenvalue weighted by Crippen LogP contribution is -2.19. The Morgan fingerprint density at radius 3 is 2.57 bits per heavy atom. The first-order valence-electron chi connectivity index (χ1n) is 7.20. The highest BCUT2D eigenvalue weighted by atomic mass is 19.1. The van der Waals surface area contributed by atoms with E-state index in [0.29, 0.717) is 5.75 Å². The SMILES string of the molecule is Cn1c(=O)n(C)c2cc(OCC(O)c3ccccc3F)ccc21. The van der Waals surface area contributed by atoms with E-state index in [9.17, 15) is 14.3 Å². The van der Waals surface area contributed by atoms with Gasteiger partial charge >= 0.3 is 5.69 Å². The van der Waals surface area contributed by atoms with Gasteiger partial charge in [0.25, 0.3) is 0 Å². The number of hydrogen-bond acceptors (Lipinski definition) is 3. The average molecular weight is 316 g/mol. The lowest BCUT2D eigenvalue weighted by molar-refractivity contribution is 0.105. The Morgan fingerprint density at radius 1 is 1.13 bits per heavy atom. The normalized spacial score (nSPS) is 12.5. The molecule has 0 aliphatic rings. The van der Waals surface area contributed by atoms with Gasteiger partial charge in [0.05, 0.1) is 11.0 Å². The van der Waals surface area contributed by atoms with Crippen LogP contribution in [0.4, 0.5) is 4.39 Å². The van der Waals surface area contributed by atoms with E-state index in [1.54, 1.807) is 49.0 Å². The first-order chi connectivity index (χ1) is 11.0. The summed E-state index contributed by atoms with van der Waals surface area (Å²) in [5, 5.41) is 10.1. The van der Waals surface area contributed by atoms with Crippen molar-refractivity contribution in [1.29, 1.82) is 0 Å². The van der Waals surface area contributed by atoms with Crippen molar-refractivity contribution in [2.45, 2.75) is 6.10 Å². The van der Waals surface area contributed by atoms with Gasteiger partial charge in [0.1, 0.15) is 24.3 Å². The van der Waals surface area contributed by atoms with E-state index in [1.165, 1.54) is 16.7 Å². The summed E-state index contributed by atoms with van der Waals surface area (Å²) in [5.41, 5.74) is 1.60. The zero-order valence-corrected chi connectivity index (χ0v) is 12.9. The second-order valence-electron chi connectivity index (χ2n) is 5.40. The van der Waals surface area contributed by atoms with Crippen LogP contribution in [0.3, 0.4) is 0 Å². The monoisotopic (exact) mass is 316 g/mol. The van der Waals surface area contributed by atoms with Crippen molar-refractivity contribution in [2.75, 3.05) is 6.61 Å². The minimum Gasteiger partial charge on any atom is -0.490 e. The van der Waals surface area contributed by atoms with Crippen molar-refractivity contribution in [3.8, 4) is 5.75 Å². The third-order valence-corrected chi connectivity index (χ3v) is 3.92. The summed E-state index contributed by atoms with van der Waals surface area (Å²) < 4.78 is 22.2. The van der Waals surface area contributed by atoms with Crippen LogP contribution in [0.1, 0.15) is 11.7 Å². The zero-order chi connectivity index (χ0) is 16.6. The molecule has 5 nitrogen and oxygen atoms in total. The fourth-order valence-electron chi connectivity index (χ4n) is 2.59. The molecule has 23 heavy (non-hydrogen) atoms. The zero-order valence-electron chi connectivity index (χ0n) is 12.9. The molecule has 0 bridgehead atoms. The summed E-state index contributed by atoms with van der Waals surface area (Å²) in [6.45, 7) is -0.0762. The van der Waals surface area contributed by atoms with E-state index in [0.717, 1.165) is 11.0 Å². The van der Waals surface area contributed by atoms with Crippen molar-refractivity contribution < 1.29 is 14.2 Å². The molecular weight excluding hydrogens is 299 g/mol. The fourth-order valence-corrected chi connectivity index (χ4v) is 2.59. The van der Waals surface area contributed by atoms with Gasteiger partial charge in [0.2, 0.25) is 0 Å². The Balaban J connectivity index is 1.81. The smallest absolute Gasteiger partial charge is 0.328 e. The standard InChI is InChI=1S/C17H17FN2O3/c1-19-14-8-7-11(9-15(14)20(2)17(19)22)23-10-16(21)12-5-3-4-6-13(12)18/h3-9,16,21H,10H2,1-2H3. The number of benzene rings is 2. The number of aryl methyl sites for hydroxylation is 2. The van der Waals surface area contributed by atoms with Gasteiger partial charge in [-0.1, -0.05) is 18.2 Å². The highest BCUT2D eigenvalue weighted by Crippen LogP contribution is 2.22. The summed E-state index contributed by atoms with van der Waals surface area (Å²) >= 11 is 0. The van der Waals surface area contributed by atoms with E-state index in [1.807, 2.05) is 0 Å². The van der Waals surface area contributed by atoms with Crippen LogP contribution in [-0.2, 0) is 14.1 Å². The van der Waals surface area contributed by atoms with Gasteiger partial charge in [-0.2, -0.15) is 0 Å². The lowest BCUT2D eigenvalue weighted by Gasteiger charge is -2.13. The van der Waals surface area contributed by atoms with Crippen molar-refractivity contribution >= 4 is 11.0 Å². The number of ether oxygens (including phenoxy) is 1. The molecule has 3 aromatic rings. The van der Waals surface area contributed by atoms with Gasteiger partial charge in [-0.3, -0.25) is 9.13 Å². The van der Waals surface area contributed by atoms with Crippen LogP contribution in [0, 0.1) is 5.82 Å². The second kappa shape index (κ2) is 5.89. The van der Waals surface area contributed by atoms with Gasteiger partial charge in [-0.05, 0) is 18.2 Å². The maximum atomic E-state index is 13.6. The molecule has 3 rings (SSSR count). The first-order valence-corrected chi connectivity index (χ1v) is 7.20. The molecule has 0 fully saturated rings. The van der Waals surface area contributed by atoms with Crippen LogP contribution < -0.4 is 10.4 Å². The minimum absolute atomic E-state index is 0.0762. The number of rotatable bonds is 4. The number of imidazole rings is 1. The molecule has 0 radical (unpaired) electrons. The molecular formula is C17H17FN2O3. The summed E-state index contributed by atoms with van der Waals surface area (Å²) in [6.07, 6.45) is -1.06. The quantitative estimate of drug-likeness (QED) is 0.802. The average Bonchev–Trinajstić information content (AvgIpc) is 2.77. The summed E-state index contributed by atoms with van der Waals surface area (Å²) in [6, 6.07) is 11.3. The van der Waals surface area contributed by atoms with Gasteiger partial charge in [0.15, 0.2) is 0 Å². The molecule has 0 aliphatic carbocycles. The fraction of sp³-hybridized carbons (Fsp3) is 0.235. The Morgan fingerprint density at radius 2 is 1.83 bits per heavy atom. The molecule has 1 atom stereocenters. The van der Waals surface area contributed by atoms with E-state index < -0.39 is 11.9 Å². The number of fused-ring (bicyclic) bond motifs is 1. The third kappa shape index (κ3) is 2.73. The highest BCUT2D eigenvalue weighted by molar-refractivity contribution is 5.77. The van der Waals surface area contributed by atoms with E-state index in [-0.39, 0.29) is 17.9 Å². The molecule has 0 saturated carbocycles. The molecule has 2 aromatic carbocycles. The van der Waals surface area contributed by atoms with Crippen LogP contribution in [0.25, 0.3) is 11.0 Å². The molecule has 6 heteroatoms. The maximum absolute atomic E-state index is 13.6. The van der Waals surface area contributed by atoms with Gasteiger partial charge in [-0.25, -0.2) is 9.18 Å². The Labute approximate surface area is 132 Å². The molecule has 120 valence electrons. The highest BCUT2D eigenvalue weighted by Gasteiger charge is 2.14. The number of hydrogen-bond donors (Lipinski definition) is 1. The number of aliphatic hydroxyl groups is 1. The van der Waals surface area contributed by atoms with Gasteiger partial charge in [0, 0.05) is 25.7 Å². The molecule has 1 N–H and O–H groups in total. The largest absolute Gasteiger partial charge is 0.490 e. The molecule has 0 amide bonds. The second-order valence-corrected chi connectivity index (χ2v) is 5.40. The number of halogens is 1. The third-order valence-electron chi connectivity index (χ3n) is 3.92. The summed E-state index contributed by atoms with van der Waals surface area (Å²) in [4.78, 5) is 11.9. The minimum atomic E-state index is -1.06. The number of nitrogens with zero attached hydrogens (tertiary/aromatic N) is 2. The van der Waals surface area contributed by atoms with E-state index in [2.05, 4.69) is 0 Å². The summed E-state index contributed by atoms with van der Waals surface area (Å²) in [7, 11) is 3.38. The predicted octanol–water partition coefficient (Wildman–Crippen LogP) is 2.13. The maximum Gasteiger partial charge on any atom is 0.328 e. The number of aliphatic hydroxyl groups excluding tert-OH is 1. The van der Waals surface area contributed by atoms with Crippen LogP contribution in [0.5, 0.6) is 5.75 Å². The number of aromatic nitrogens is 2. The molecule has 1 unspecified atom stereocenters. The van der Waals surface area contributed by atoms with Crippen molar-refractivity contribution in [2.24, 2.45) is 14.1 Å². The van der Waals surface area contributed by atoms with Gasteiger partial charge < -0.3 is 9.84 Å². The van der Waals surface area contributed by atoms with Crippen LogP contribution >= 0.6 is 0 Å². The first kappa shape index (κ1) is 15.3. The van der Waals surface area contributed by atoms with E-state index >= 15 is 0 Å². The molecule has 1 heterocycles. The van der Waals surface area contributed by atoms with Crippen LogP contribution in [0.2, 0.25) is 0 Å². The van der Waals surface area contributed by atoms with Crippen LogP contribution in [0.15, 0.2) is 47.3 Å².